The highest BCUT2D eigenvalue weighted by Crippen LogP contribution is 2.20. The Morgan fingerprint density at radius 2 is 1.96 bits per heavy atom. The molecule has 1 amide bonds. The summed E-state index contributed by atoms with van der Waals surface area (Å²) in [6.45, 7) is 5.71. The number of nitrogens with one attached hydrogen (secondary N) is 1. The highest BCUT2D eigenvalue weighted by molar-refractivity contribution is 5.99. The van der Waals surface area contributed by atoms with Gasteiger partial charge in [-0.25, -0.2) is 4.79 Å². The Kier molecular flexibility index (Phi) is 7.55. The van der Waals surface area contributed by atoms with Crippen molar-refractivity contribution in [2.75, 3.05) is 7.11 Å². The SMILES string of the molecule is CC=C=CC(CC(C)C)(NC(=O)C#Cc1ccccc1)C(=O)OC. The van der Waals surface area contributed by atoms with Crippen LogP contribution in [-0.2, 0) is 14.3 Å². The molecule has 0 fully saturated rings. The summed E-state index contributed by atoms with van der Waals surface area (Å²) >= 11 is 0. The molecule has 24 heavy (non-hydrogen) atoms. The fourth-order valence-electron chi connectivity index (χ4n) is 2.28. The average Bonchev–Trinajstić information content (AvgIpc) is 2.57. The molecule has 0 heterocycles. The van der Waals surface area contributed by atoms with Crippen LogP contribution in [-0.4, -0.2) is 24.5 Å². The van der Waals surface area contributed by atoms with Gasteiger partial charge in [0.05, 0.1) is 7.11 Å². The average molecular weight is 325 g/mol. The Labute approximate surface area is 143 Å². The third-order valence-electron chi connectivity index (χ3n) is 3.21. The van der Waals surface area contributed by atoms with Gasteiger partial charge in [0.2, 0.25) is 0 Å². The Hall–Kier alpha value is -2.76. The zero-order chi connectivity index (χ0) is 18.0. The molecular weight excluding hydrogens is 302 g/mol. The van der Waals surface area contributed by atoms with Gasteiger partial charge in [0.15, 0.2) is 5.54 Å². The smallest absolute Gasteiger partial charge is 0.336 e. The second-order valence-corrected chi connectivity index (χ2v) is 5.73. The standard InChI is InChI=1S/C20H23NO3/c1-5-6-14-20(15-16(2)3,19(23)24-4)21-18(22)13-12-17-10-8-7-9-11-17/h5,7-11,14,16H,15H2,1-4H3,(H,21,22). The van der Waals surface area contributed by atoms with Crippen LogP contribution >= 0.6 is 0 Å². The molecule has 1 unspecified atom stereocenters. The van der Waals surface area contributed by atoms with Crippen molar-refractivity contribution in [1.82, 2.24) is 5.32 Å². The first-order valence-electron chi connectivity index (χ1n) is 7.79. The van der Waals surface area contributed by atoms with Crippen molar-refractivity contribution < 1.29 is 14.3 Å². The van der Waals surface area contributed by atoms with Gasteiger partial charge in [0.25, 0.3) is 5.91 Å². The second kappa shape index (κ2) is 9.39. The van der Waals surface area contributed by atoms with Crippen molar-refractivity contribution >= 4 is 11.9 Å². The fourth-order valence-corrected chi connectivity index (χ4v) is 2.28. The fraction of sp³-hybridized carbons (Fsp3) is 0.350. The van der Waals surface area contributed by atoms with Crippen LogP contribution in [0, 0.1) is 17.8 Å². The predicted molar refractivity (Wildman–Crippen MR) is 94.0 cm³/mol. The minimum absolute atomic E-state index is 0.154. The number of carbonyl (C=O) groups excluding carboxylic acids is 2. The van der Waals surface area contributed by atoms with Gasteiger partial charge >= 0.3 is 5.97 Å². The van der Waals surface area contributed by atoms with Crippen LogP contribution in [0.2, 0.25) is 0 Å². The molecule has 1 aromatic carbocycles. The maximum absolute atomic E-state index is 12.3. The number of hydrogen-bond donors (Lipinski definition) is 1. The van der Waals surface area contributed by atoms with E-state index >= 15 is 0 Å². The van der Waals surface area contributed by atoms with Crippen molar-refractivity contribution in [3.63, 3.8) is 0 Å². The van der Waals surface area contributed by atoms with Gasteiger partial charge in [-0.2, -0.15) is 0 Å². The monoisotopic (exact) mass is 325 g/mol. The molecule has 0 aromatic heterocycles. The van der Waals surface area contributed by atoms with Gasteiger partial charge in [0.1, 0.15) is 0 Å². The Balaban J connectivity index is 3.11. The van der Waals surface area contributed by atoms with Crippen molar-refractivity contribution in [2.45, 2.75) is 32.7 Å². The number of methoxy groups -OCH3 is 1. The molecule has 126 valence electrons. The predicted octanol–water partition coefficient (Wildman–Crippen LogP) is 2.84. The lowest BCUT2D eigenvalue weighted by atomic mass is 9.88. The molecule has 4 heteroatoms. The number of carbonyl (C=O) groups is 2. The highest BCUT2D eigenvalue weighted by atomic mass is 16.5. The normalized spacial score (nSPS) is 12.0. The van der Waals surface area contributed by atoms with E-state index in [0.29, 0.717) is 6.42 Å². The number of ether oxygens (including phenoxy) is 1. The van der Waals surface area contributed by atoms with E-state index in [1.807, 2.05) is 44.2 Å². The van der Waals surface area contributed by atoms with Gasteiger partial charge in [-0.15, -0.1) is 5.73 Å². The van der Waals surface area contributed by atoms with E-state index in [1.54, 1.807) is 13.0 Å². The highest BCUT2D eigenvalue weighted by Gasteiger charge is 2.39. The molecule has 0 radical (unpaired) electrons. The van der Waals surface area contributed by atoms with Gasteiger partial charge < -0.3 is 10.1 Å². The van der Waals surface area contributed by atoms with E-state index in [1.165, 1.54) is 13.2 Å². The minimum Gasteiger partial charge on any atom is -0.467 e. The van der Waals surface area contributed by atoms with Crippen molar-refractivity contribution in [3.05, 3.63) is 53.8 Å². The van der Waals surface area contributed by atoms with E-state index in [0.717, 1.165) is 5.56 Å². The molecule has 0 aliphatic rings. The molecule has 1 N–H and O–H groups in total. The lowest BCUT2D eigenvalue weighted by Crippen LogP contribution is -2.54. The van der Waals surface area contributed by atoms with Crippen LogP contribution in [0.1, 0.15) is 32.8 Å². The molecule has 1 atom stereocenters. The number of rotatable bonds is 5. The van der Waals surface area contributed by atoms with Gasteiger partial charge in [-0.05, 0) is 43.5 Å². The Bertz CT molecular complexity index is 685. The van der Waals surface area contributed by atoms with Crippen molar-refractivity contribution in [3.8, 4) is 11.8 Å². The Morgan fingerprint density at radius 3 is 2.50 bits per heavy atom. The Morgan fingerprint density at radius 1 is 1.29 bits per heavy atom. The molecule has 0 aliphatic heterocycles. The molecular formula is C20H23NO3. The first-order valence-corrected chi connectivity index (χ1v) is 7.79. The van der Waals surface area contributed by atoms with Crippen LogP contribution in [0.15, 0.2) is 48.2 Å². The number of esters is 1. The molecule has 0 bridgehead atoms. The first-order chi connectivity index (χ1) is 11.4. The summed E-state index contributed by atoms with van der Waals surface area (Å²) in [6, 6.07) is 9.17. The maximum atomic E-state index is 12.3. The summed E-state index contributed by atoms with van der Waals surface area (Å²) in [6.07, 6.45) is 3.58. The number of hydrogen-bond acceptors (Lipinski definition) is 3. The summed E-state index contributed by atoms with van der Waals surface area (Å²) in [4.78, 5) is 24.6. The van der Waals surface area contributed by atoms with Crippen LogP contribution in [0.25, 0.3) is 0 Å². The largest absolute Gasteiger partial charge is 0.467 e. The summed E-state index contributed by atoms with van der Waals surface area (Å²) in [7, 11) is 1.29. The van der Waals surface area contributed by atoms with E-state index in [2.05, 4.69) is 22.9 Å². The molecule has 0 saturated carbocycles. The molecule has 1 rings (SSSR count). The summed E-state index contributed by atoms with van der Waals surface area (Å²) in [5.41, 5.74) is 2.32. The maximum Gasteiger partial charge on any atom is 0.336 e. The van der Waals surface area contributed by atoms with Crippen molar-refractivity contribution in [2.24, 2.45) is 5.92 Å². The molecule has 0 aliphatic carbocycles. The molecule has 0 saturated heterocycles. The zero-order valence-electron chi connectivity index (χ0n) is 14.6. The molecule has 0 spiro atoms. The van der Waals surface area contributed by atoms with Gasteiger partial charge in [0, 0.05) is 11.5 Å². The topological polar surface area (TPSA) is 55.4 Å². The number of benzene rings is 1. The van der Waals surface area contributed by atoms with E-state index in [4.69, 9.17) is 4.74 Å². The lowest BCUT2D eigenvalue weighted by Gasteiger charge is -2.29. The van der Waals surface area contributed by atoms with Crippen molar-refractivity contribution in [1.29, 1.82) is 0 Å². The van der Waals surface area contributed by atoms with Crippen LogP contribution < -0.4 is 5.32 Å². The van der Waals surface area contributed by atoms with E-state index < -0.39 is 17.4 Å². The quantitative estimate of drug-likeness (QED) is 0.514. The third-order valence-corrected chi connectivity index (χ3v) is 3.21. The second-order valence-electron chi connectivity index (χ2n) is 5.73. The van der Waals surface area contributed by atoms with Gasteiger partial charge in [-0.1, -0.05) is 38.0 Å². The first kappa shape index (κ1) is 19.3. The van der Waals surface area contributed by atoms with E-state index in [9.17, 15) is 9.59 Å². The summed E-state index contributed by atoms with van der Waals surface area (Å²) in [5.74, 6) is 4.36. The third kappa shape index (κ3) is 5.79. The lowest BCUT2D eigenvalue weighted by molar-refractivity contribution is -0.148. The summed E-state index contributed by atoms with van der Waals surface area (Å²) in [5, 5.41) is 2.69. The van der Waals surface area contributed by atoms with Crippen LogP contribution in [0.5, 0.6) is 0 Å². The minimum atomic E-state index is -1.28. The van der Waals surface area contributed by atoms with Gasteiger partial charge in [-0.3, -0.25) is 4.79 Å². The van der Waals surface area contributed by atoms with Crippen LogP contribution in [0.3, 0.4) is 0 Å². The molecule has 1 aromatic rings. The summed E-state index contributed by atoms with van der Waals surface area (Å²) < 4.78 is 4.89. The number of amides is 1. The zero-order valence-corrected chi connectivity index (χ0v) is 14.6. The molecule has 4 nitrogen and oxygen atoms in total. The van der Waals surface area contributed by atoms with E-state index in [-0.39, 0.29) is 5.92 Å². The van der Waals surface area contributed by atoms with Crippen LogP contribution in [0.4, 0.5) is 0 Å².